The second-order valence-electron chi connectivity index (χ2n) is 6.71. The number of ether oxygens (including phenoxy) is 2. The molecule has 0 N–H and O–H groups in total. The second-order valence-corrected chi connectivity index (χ2v) is 6.71. The van der Waals surface area contributed by atoms with Crippen molar-refractivity contribution >= 4 is 28.6 Å². The minimum atomic E-state index is -0.742. The van der Waals surface area contributed by atoms with E-state index in [1.807, 2.05) is 86.7 Å². The molecule has 134 valence electrons. The normalized spacial score (nSPS) is 17.6. The molecule has 0 atom stereocenters. The Bertz CT molecular complexity index is 1050. The van der Waals surface area contributed by atoms with Gasteiger partial charge in [-0.2, -0.15) is 0 Å². The third-order valence-corrected chi connectivity index (χ3v) is 4.10. The fraction of sp³-hybridized carbons (Fsp3) is 0.130. The van der Waals surface area contributed by atoms with Crippen LogP contribution >= 0.6 is 0 Å². The molecular weight excluding hydrogens is 336 g/mol. The summed E-state index contributed by atoms with van der Waals surface area (Å²) < 4.78 is 11.8. The van der Waals surface area contributed by atoms with Crippen molar-refractivity contribution in [2.24, 2.45) is 4.99 Å². The third-order valence-electron chi connectivity index (χ3n) is 4.10. The number of nitrogens with zero attached hydrogens (tertiary/aromatic N) is 2. The van der Waals surface area contributed by atoms with Crippen molar-refractivity contribution < 1.29 is 9.47 Å². The van der Waals surface area contributed by atoms with Gasteiger partial charge >= 0.3 is 0 Å². The van der Waals surface area contributed by atoms with Gasteiger partial charge in [0, 0.05) is 43.3 Å². The number of aliphatic imine (C=N–C) groups is 1. The van der Waals surface area contributed by atoms with Crippen LogP contribution in [-0.2, 0) is 9.47 Å². The van der Waals surface area contributed by atoms with E-state index in [9.17, 15) is 0 Å². The van der Waals surface area contributed by atoms with Gasteiger partial charge in [0.1, 0.15) is 11.5 Å². The molecule has 1 aromatic heterocycles. The molecule has 0 spiro atoms. The molecule has 1 aliphatic heterocycles. The number of benzene rings is 2. The van der Waals surface area contributed by atoms with Crippen LogP contribution in [-0.4, -0.2) is 17.0 Å². The maximum absolute atomic E-state index is 5.95. The SMILES string of the molecule is CC1(C)OC(c2ccccc2)=C/C(=C\C=Nc2ccc3ncccc3c2)O1. The van der Waals surface area contributed by atoms with Crippen molar-refractivity contribution in [1.29, 1.82) is 0 Å². The van der Waals surface area contributed by atoms with Crippen LogP contribution in [0.25, 0.3) is 16.7 Å². The maximum Gasteiger partial charge on any atom is 0.245 e. The summed E-state index contributed by atoms with van der Waals surface area (Å²) >= 11 is 0. The number of hydrogen-bond acceptors (Lipinski definition) is 4. The maximum atomic E-state index is 5.95. The van der Waals surface area contributed by atoms with E-state index < -0.39 is 5.79 Å². The molecule has 0 amide bonds. The summed E-state index contributed by atoms with van der Waals surface area (Å²) in [6.07, 6.45) is 7.27. The predicted octanol–water partition coefficient (Wildman–Crippen LogP) is 5.65. The average Bonchev–Trinajstić information content (AvgIpc) is 2.67. The topological polar surface area (TPSA) is 43.7 Å². The highest BCUT2D eigenvalue weighted by atomic mass is 16.7. The number of rotatable bonds is 3. The summed E-state index contributed by atoms with van der Waals surface area (Å²) in [5, 5.41) is 1.06. The zero-order chi connectivity index (χ0) is 18.7. The van der Waals surface area contributed by atoms with Crippen LogP contribution in [0.1, 0.15) is 19.4 Å². The van der Waals surface area contributed by atoms with Crippen molar-refractivity contribution in [3.8, 4) is 0 Å². The Balaban J connectivity index is 1.60. The molecule has 2 aromatic carbocycles. The van der Waals surface area contributed by atoms with Gasteiger partial charge in [0.2, 0.25) is 5.79 Å². The van der Waals surface area contributed by atoms with E-state index in [4.69, 9.17) is 9.47 Å². The van der Waals surface area contributed by atoms with E-state index in [0.29, 0.717) is 5.76 Å². The third kappa shape index (κ3) is 4.06. The van der Waals surface area contributed by atoms with Crippen LogP contribution in [0.4, 0.5) is 5.69 Å². The van der Waals surface area contributed by atoms with Crippen molar-refractivity contribution in [3.63, 3.8) is 0 Å². The minimum absolute atomic E-state index is 0.705. The monoisotopic (exact) mass is 356 g/mol. The summed E-state index contributed by atoms with van der Waals surface area (Å²) in [7, 11) is 0. The Labute approximate surface area is 158 Å². The van der Waals surface area contributed by atoms with E-state index >= 15 is 0 Å². The van der Waals surface area contributed by atoms with E-state index in [1.54, 1.807) is 12.4 Å². The molecule has 0 unspecified atom stereocenters. The Kier molecular flexibility index (Phi) is 4.47. The molecular formula is C23H20N2O2. The lowest BCUT2D eigenvalue weighted by Gasteiger charge is -2.33. The van der Waals surface area contributed by atoms with E-state index in [2.05, 4.69) is 9.98 Å². The van der Waals surface area contributed by atoms with Crippen molar-refractivity contribution in [2.75, 3.05) is 0 Å². The minimum Gasteiger partial charge on any atom is -0.453 e. The molecule has 2 heterocycles. The Morgan fingerprint density at radius 2 is 1.81 bits per heavy atom. The predicted molar refractivity (Wildman–Crippen MR) is 109 cm³/mol. The second kappa shape index (κ2) is 7.08. The largest absolute Gasteiger partial charge is 0.453 e. The lowest BCUT2D eigenvalue weighted by atomic mass is 10.1. The van der Waals surface area contributed by atoms with Crippen LogP contribution in [0, 0.1) is 0 Å². The molecule has 4 rings (SSSR count). The van der Waals surface area contributed by atoms with Gasteiger partial charge < -0.3 is 9.47 Å². The lowest BCUT2D eigenvalue weighted by molar-refractivity contribution is -0.149. The molecule has 0 fully saturated rings. The zero-order valence-corrected chi connectivity index (χ0v) is 15.3. The van der Waals surface area contributed by atoms with Gasteiger partial charge in [0.05, 0.1) is 11.2 Å². The van der Waals surface area contributed by atoms with Crippen LogP contribution in [0.5, 0.6) is 0 Å². The molecule has 27 heavy (non-hydrogen) atoms. The highest BCUT2D eigenvalue weighted by Crippen LogP contribution is 2.32. The first-order chi connectivity index (χ1) is 13.1. The highest BCUT2D eigenvalue weighted by Gasteiger charge is 2.28. The van der Waals surface area contributed by atoms with Crippen LogP contribution in [0.15, 0.2) is 89.8 Å². The standard InChI is InChI=1S/C23H20N2O2/c1-23(2)26-20(16-22(27-23)17-7-4-3-5-8-17)12-14-24-19-10-11-21-18(15-19)9-6-13-25-21/h3-16H,1-2H3/b20-12+,24-14?. The molecule has 0 saturated carbocycles. The molecule has 0 bridgehead atoms. The fourth-order valence-electron chi connectivity index (χ4n) is 2.92. The van der Waals surface area contributed by atoms with Gasteiger partial charge in [-0.25, -0.2) is 0 Å². The number of fused-ring (bicyclic) bond motifs is 1. The Morgan fingerprint density at radius 3 is 2.67 bits per heavy atom. The fourth-order valence-corrected chi connectivity index (χ4v) is 2.92. The van der Waals surface area contributed by atoms with Crippen LogP contribution < -0.4 is 0 Å². The van der Waals surface area contributed by atoms with Crippen LogP contribution in [0.2, 0.25) is 0 Å². The number of hydrogen-bond donors (Lipinski definition) is 0. The van der Waals surface area contributed by atoms with Gasteiger partial charge in [-0.05, 0) is 30.3 Å². The van der Waals surface area contributed by atoms with Gasteiger partial charge in [-0.15, -0.1) is 0 Å². The summed E-state index contributed by atoms with van der Waals surface area (Å²) in [6.45, 7) is 3.79. The molecule has 0 saturated heterocycles. The van der Waals surface area contributed by atoms with E-state index in [1.165, 1.54) is 0 Å². The first-order valence-electron chi connectivity index (χ1n) is 8.83. The van der Waals surface area contributed by atoms with E-state index in [-0.39, 0.29) is 0 Å². The van der Waals surface area contributed by atoms with Gasteiger partial charge in [-0.3, -0.25) is 9.98 Å². The first-order valence-corrected chi connectivity index (χ1v) is 8.83. The average molecular weight is 356 g/mol. The number of pyridine rings is 1. The summed E-state index contributed by atoms with van der Waals surface area (Å²) in [6, 6.07) is 19.9. The highest BCUT2D eigenvalue weighted by molar-refractivity contribution is 5.83. The molecule has 0 aliphatic carbocycles. The van der Waals surface area contributed by atoms with Gasteiger partial charge in [-0.1, -0.05) is 36.4 Å². The summed E-state index contributed by atoms with van der Waals surface area (Å²) in [5.41, 5.74) is 2.84. The lowest BCUT2D eigenvalue weighted by Crippen LogP contribution is -2.30. The molecule has 3 aromatic rings. The van der Waals surface area contributed by atoms with Gasteiger partial charge in [0.15, 0.2) is 0 Å². The Morgan fingerprint density at radius 1 is 0.963 bits per heavy atom. The zero-order valence-electron chi connectivity index (χ0n) is 15.3. The molecule has 4 nitrogen and oxygen atoms in total. The van der Waals surface area contributed by atoms with Crippen molar-refractivity contribution in [2.45, 2.75) is 19.6 Å². The number of allylic oxidation sites excluding steroid dienone is 2. The van der Waals surface area contributed by atoms with Crippen molar-refractivity contribution in [1.82, 2.24) is 4.98 Å². The van der Waals surface area contributed by atoms with Gasteiger partial charge in [0.25, 0.3) is 0 Å². The molecule has 4 heteroatoms. The van der Waals surface area contributed by atoms with Crippen molar-refractivity contribution in [3.05, 3.63) is 90.3 Å². The Hall–Kier alpha value is -3.40. The van der Waals surface area contributed by atoms with Crippen LogP contribution in [0.3, 0.4) is 0 Å². The van der Waals surface area contributed by atoms with E-state index in [0.717, 1.165) is 27.9 Å². The molecule has 0 radical (unpaired) electrons. The quantitative estimate of drug-likeness (QED) is 0.570. The molecule has 1 aliphatic rings. The smallest absolute Gasteiger partial charge is 0.245 e. The summed E-state index contributed by atoms with van der Waals surface area (Å²) in [4.78, 5) is 8.84. The first kappa shape index (κ1) is 17.0. The number of aromatic nitrogens is 1. The summed E-state index contributed by atoms with van der Waals surface area (Å²) in [5.74, 6) is 0.744.